The Bertz CT molecular complexity index is 162. The number of hydrogen-bond acceptors (Lipinski definition) is 1. The van der Waals surface area contributed by atoms with Gasteiger partial charge in [0.2, 0.25) is 0 Å². The van der Waals surface area contributed by atoms with Crippen molar-refractivity contribution < 1.29 is 0 Å². The molecule has 0 N–H and O–H groups in total. The van der Waals surface area contributed by atoms with E-state index in [-0.39, 0.29) is 0 Å². The van der Waals surface area contributed by atoms with Crippen molar-refractivity contribution in [2.75, 3.05) is 13.6 Å². The Morgan fingerprint density at radius 2 is 2.00 bits per heavy atom. The number of fused-ring (bicyclic) bond motifs is 3. The summed E-state index contributed by atoms with van der Waals surface area (Å²) >= 11 is 0. The first-order chi connectivity index (χ1) is 5.09. The molecule has 1 aliphatic carbocycles. The first-order valence-corrected chi connectivity index (χ1v) is 4.80. The zero-order valence-corrected chi connectivity index (χ0v) is 7.93. The third-order valence-electron chi connectivity index (χ3n) is 3.85. The summed E-state index contributed by atoms with van der Waals surface area (Å²) in [4.78, 5) is 2.55. The first kappa shape index (κ1) is 7.60. The van der Waals surface area contributed by atoms with Crippen molar-refractivity contribution in [1.82, 2.24) is 4.90 Å². The molecule has 3 rings (SSSR count). The van der Waals surface area contributed by atoms with Gasteiger partial charge in [0, 0.05) is 12.6 Å². The van der Waals surface area contributed by atoms with Crippen LogP contribution in [0.5, 0.6) is 0 Å². The van der Waals surface area contributed by atoms with Gasteiger partial charge in [0.15, 0.2) is 0 Å². The summed E-state index contributed by atoms with van der Waals surface area (Å²) in [7, 11) is 2.28. The van der Waals surface area contributed by atoms with Gasteiger partial charge in [-0.3, -0.25) is 0 Å². The van der Waals surface area contributed by atoms with Gasteiger partial charge in [0.1, 0.15) is 0 Å². The minimum Gasteiger partial charge on any atom is -0.303 e. The molecule has 0 aromatic carbocycles. The van der Waals surface area contributed by atoms with Crippen molar-refractivity contribution in [3.05, 3.63) is 0 Å². The van der Waals surface area contributed by atoms with Crippen molar-refractivity contribution in [3.63, 3.8) is 0 Å². The number of rotatable bonds is 0. The summed E-state index contributed by atoms with van der Waals surface area (Å²) in [5, 5.41) is 0. The van der Waals surface area contributed by atoms with Gasteiger partial charge in [-0.05, 0) is 37.6 Å². The first-order valence-electron chi connectivity index (χ1n) is 4.80. The van der Waals surface area contributed by atoms with Crippen LogP contribution in [-0.2, 0) is 0 Å². The van der Waals surface area contributed by atoms with E-state index < -0.39 is 0 Å². The summed E-state index contributed by atoms with van der Waals surface area (Å²) in [6.45, 7) is 6.23. The summed E-state index contributed by atoms with van der Waals surface area (Å²) in [6.07, 6.45) is 4.35. The van der Waals surface area contributed by atoms with Crippen LogP contribution in [0.3, 0.4) is 0 Å². The Labute approximate surface area is 69.8 Å². The summed E-state index contributed by atoms with van der Waals surface area (Å²) in [5.74, 6) is 0.970. The maximum absolute atomic E-state index is 2.55. The summed E-state index contributed by atoms with van der Waals surface area (Å²) in [5.41, 5.74) is 0.634. The lowest BCUT2D eigenvalue weighted by molar-refractivity contribution is -0.0245. The molecule has 11 heavy (non-hydrogen) atoms. The SMILES string of the molecule is CN1CC2CCC1CC2(C)C. The zero-order valence-electron chi connectivity index (χ0n) is 7.93. The molecule has 3 fully saturated rings. The lowest BCUT2D eigenvalue weighted by atomic mass is 9.63. The van der Waals surface area contributed by atoms with E-state index in [0.717, 1.165) is 12.0 Å². The van der Waals surface area contributed by atoms with E-state index in [9.17, 15) is 0 Å². The highest BCUT2D eigenvalue weighted by molar-refractivity contribution is 4.96. The molecule has 1 nitrogen and oxygen atoms in total. The number of nitrogens with zero attached hydrogens (tertiary/aromatic N) is 1. The summed E-state index contributed by atoms with van der Waals surface area (Å²) < 4.78 is 0. The van der Waals surface area contributed by atoms with Gasteiger partial charge in [-0.15, -0.1) is 0 Å². The molecule has 2 unspecified atom stereocenters. The third-order valence-corrected chi connectivity index (χ3v) is 3.85. The van der Waals surface area contributed by atoms with Gasteiger partial charge in [0.25, 0.3) is 0 Å². The average Bonchev–Trinajstić information content (AvgIpc) is 1.90. The van der Waals surface area contributed by atoms with E-state index in [1.165, 1.54) is 25.8 Å². The second-order valence-electron chi connectivity index (χ2n) is 5.06. The molecular weight excluding hydrogens is 134 g/mol. The average molecular weight is 153 g/mol. The molecular formula is C10H19N. The van der Waals surface area contributed by atoms with Crippen LogP contribution in [0.15, 0.2) is 0 Å². The van der Waals surface area contributed by atoms with Crippen molar-refractivity contribution in [2.24, 2.45) is 11.3 Å². The van der Waals surface area contributed by atoms with Crippen LogP contribution in [0.2, 0.25) is 0 Å². The van der Waals surface area contributed by atoms with E-state index in [1.54, 1.807) is 0 Å². The van der Waals surface area contributed by atoms with Crippen LogP contribution in [0.1, 0.15) is 33.1 Å². The number of piperidine rings is 2. The van der Waals surface area contributed by atoms with E-state index in [1.807, 2.05) is 0 Å². The van der Waals surface area contributed by atoms with Gasteiger partial charge in [-0.25, -0.2) is 0 Å². The topological polar surface area (TPSA) is 3.24 Å². The van der Waals surface area contributed by atoms with E-state index in [4.69, 9.17) is 0 Å². The van der Waals surface area contributed by atoms with Gasteiger partial charge < -0.3 is 4.90 Å². The smallest absolute Gasteiger partial charge is 0.00976 e. The fraction of sp³-hybridized carbons (Fsp3) is 1.00. The maximum atomic E-state index is 2.55. The van der Waals surface area contributed by atoms with E-state index in [0.29, 0.717) is 5.41 Å². The van der Waals surface area contributed by atoms with Gasteiger partial charge in [-0.2, -0.15) is 0 Å². The Morgan fingerprint density at radius 1 is 1.27 bits per heavy atom. The molecule has 2 saturated heterocycles. The fourth-order valence-corrected chi connectivity index (χ4v) is 2.87. The second kappa shape index (κ2) is 2.22. The Hall–Kier alpha value is -0.0400. The van der Waals surface area contributed by atoms with Crippen molar-refractivity contribution in [1.29, 1.82) is 0 Å². The lowest BCUT2D eigenvalue weighted by Gasteiger charge is -2.52. The molecule has 0 radical (unpaired) electrons. The Balaban J connectivity index is 2.16. The molecule has 0 aromatic heterocycles. The molecule has 0 amide bonds. The lowest BCUT2D eigenvalue weighted by Crippen LogP contribution is -2.53. The summed E-state index contributed by atoms with van der Waals surface area (Å²) in [6, 6.07) is 0.898. The fourth-order valence-electron chi connectivity index (χ4n) is 2.87. The van der Waals surface area contributed by atoms with E-state index >= 15 is 0 Å². The second-order valence-corrected chi connectivity index (χ2v) is 5.06. The third kappa shape index (κ3) is 1.10. The predicted molar refractivity (Wildman–Crippen MR) is 47.5 cm³/mol. The Kier molecular flexibility index (Phi) is 1.54. The van der Waals surface area contributed by atoms with E-state index in [2.05, 4.69) is 25.8 Å². The molecule has 0 spiro atoms. The molecule has 1 heteroatoms. The van der Waals surface area contributed by atoms with Crippen molar-refractivity contribution in [3.8, 4) is 0 Å². The van der Waals surface area contributed by atoms with Gasteiger partial charge >= 0.3 is 0 Å². The van der Waals surface area contributed by atoms with Crippen LogP contribution < -0.4 is 0 Å². The molecule has 2 bridgehead atoms. The normalized spacial score (nSPS) is 42.8. The Morgan fingerprint density at radius 3 is 2.27 bits per heavy atom. The highest BCUT2D eigenvalue weighted by atomic mass is 15.2. The van der Waals surface area contributed by atoms with Gasteiger partial charge in [-0.1, -0.05) is 13.8 Å². The standard InChI is InChI=1S/C10H19N/c1-10(2)6-9-5-4-8(10)7-11(9)3/h8-9H,4-7H2,1-3H3. The van der Waals surface area contributed by atoms with Crippen LogP contribution in [0, 0.1) is 11.3 Å². The van der Waals surface area contributed by atoms with Crippen LogP contribution >= 0.6 is 0 Å². The predicted octanol–water partition coefficient (Wildman–Crippen LogP) is 2.13. The molecule has 3 aliphatic rings. The number of hydrogen-bond donors (Lipinski definition) is 0. The van der Waals surface area contributed by atoms with Crippen LogP contribution in [-0.4, -0.2) is 24.5 Å². The van der Waals surface area contributed by atoms with Gasteiger partial charge in [0.05, 0.1) is 0 Å². The van der Waals surface area contributed by atoms with Crippen LogP contribution in [0.25, 0.3) is 0 Å². The molecule has 2 heterocycles. The molecule has 1 saturated carbocycles. The quantitative estimate of drug-likeness (QED) is 0.515. The van der Waals surface area contributed by atoms with Crippen molar-refractivity contribution in [2.45, 2.75) is 39.2 Å². The molecule has 64 valence electrons. The molecule has 0 aromatic rings. The molecule has 2 atom stereocenters. The maximum Gasteiger partial charge on any atom is 0.00976 e. The minimum atomic E-state index is 0.634. The van der Waals surface area contributed by atoms with Crippen molar-refractivity contribution >= 4 is 0 Å². The molecule has 2 aliphatic heterocycles. The minimum absolute atomic E-state index is 0.634. The monoisotopic (exact) mass is 153 g/mol. The van der Waals surface area contributed by atoms with Crippen LogP contribution in [0.4, 0.5) is 0 Å². The zero-order chi connectivity index (χ0) is 8.06. The highest BCUT2D eigenvalue weighted by Crippen LogP contribution is 2.46. The largest absolute Gasteiger partial charge is 0.303 e. The highest BCUT2D eigenvalue weighted by Gasteiger charge is 2.43.